The highest BCUT2D eigenvalue weighted by molar-refractivity contribution is 6.05. The third-order valence-electron chi connectivity index (χ3n) is 12.1. The molecule has 310 valence electrons. The van der Waals surface area contributed by atoms with Gasteiger partial charge < -0.3 is 0 Å². The third kappa shape index (κ3) is 8.14. The van der Waals surface area contributed by atoms with Crippen LogP contribution >= 0.6 is 0 Å². The molecule has 11 aromatic rings. The van der Waals surface area contributed by atoms with Crippen molar-refractivity contribution in [2.75, 3.05) is 0 Å². The lowest BCUT2D eigenvalue weighted by Gasteiger charge is -2.23. The van der Waals surface area contributed by atoms with Gasteiger partial charge in [0, 0.05) is 44.5 Å². The first kappa shape index (κ1) is 40.0. The number of hydrogen-bond donors (Lipinski definition) is 0. The van der Waals surface area contributed by atoms with Gasteiger partial charge in [0.25, 0.3) is 0 Å². The van der Waals surface area contributed by atoms with E-state index in [2.05, 4.69) is 255 Å². The Morgan fingerprint density at radius 3 is 0.864 bits per heavy atom. The van der Waals surface area contributed by atoms with Gasteiger partial charge in [0.05, 0.1) is 22.8 Å². The molecular weight excluding hydrogens is 799 g/mol. The molecule has 9 aromatic carbocycles. The van der Waals surface area contributed by atoms with Crippen molar-refractivity contribution in [3.05, 3.63) is 261 Å². The van der Waals surface area contributed by atoms with E-state index in [4.69, 9.17) is 15.0 Å². The van der Waals surface area contributed by atoms with Crippen molar-refractivity contribution in [1.29, 1.82) is 0 Å². The highest BCUT2D eigenvalue weighted by Crippen LogP contribution is 2.49. The molecule has 0 aliphatic rings. The topological polar surface area (TPSA) is 38.7 Å². The fraction of sp³-hybridized carbons (Fsp3) is 0. The summed E-state index contributed by atoms with van der Waals surface area (Å²) in [6, 6.07) is 91.7. The second-order valence-corrected chi connectivity index (χ2v) is 16.3. The van der Waals surface area contributed by atoms with E-state index in [0.29, 0.717) is 5.82 Å². The quantitative estimate of drug-likeness (QED) is 0.138. The maximum absolute atomic E-state index is 5.63. The van der Waals surface area contributed by atoms with E-state index in [-0.39, 0.29) is 0 Å². The van der Waals surface area contributed by atoms with Crippen LogP contribution in [0.1, 0.15) is 0 Å². The number of rotatable bonds is 10. The van der Waals surface area contributed by atoms with E-state index in [0.717, 1.165) is 106 Å². The molecule has 0 aliphatic heterocycles. The maximum atomic E-state index is 5.63. The van der Waals surface area contributed by atoms with Gasteiger partial charge in [0.2, 0.25) is 0 Å². The Hall–Kier alpha value is -8.79. The van der Waals surface area contributed by atoms with Crippen molar-refractivity contribution >= 4 is 0 Å². The van der Waals surface area contributed by atoms with Crippen LogP contribution in [0.5, 0.6) is 0 Å². The van der Waals surface area contributed by atoms with Crippen LogP contribution in [0.4, 0.5) is 0 Å². The Balaban J connectivity index is 1.13. The normalized spacial score (nSPS) is 11.0. The number of pyridine rings is 1. The molecule has 0 aliphatic carbocycles. The van der Waals surface area contributed by atoms with Gasteiger partial charge in [-0.05, 0) is 63.2 Å². The van der Waals surface area contributed by atoms with E-state index in [1.54, 1.807) is 0 Å². The molecule has 0 atom stereocenters. The monoisotopic (exact) mass is 841 g/mol. The summed E-state index contributed by atoms with van der Waals surface area (Å²) >= 11 is 0. The van der Waals surface area contributed by atoms with Crippen LogP contribution in [-0.2, 0) is 0 Å². The molecule has 0 saturated heterocycles. The van der Waals surface area contributed by atoms with E-state index >= 15 is 0 Å². The van der Waals surface area contributed by atoms with E-state index in [9.17, 15) is 0 Å². The van der Waals surface area contributed by atoms with Gasteiger partial charge >= 0.3 is 0 Å². The molecule has 2 aromatic heterocycles. The lowest BCUT2D eigenvalue weighted by Crippen LogP contribution is -2.01. The Morgan fingerprint density at radius 2 is 0.470 bits per heavy atom. The Morgan fingerprint density at radius 1 is 0.182 bits per heavy atom. The fourth-order valence-corrected chi connectivity index (χ4v) is 8.90. The van der Waals surface area contributed by atoms with Crippen molar-refractivity contribution in [3.8, 4) is 112 Å². The third-order valence-corrected chi connectivity index (χ3v) is 12.1. The summed E-state index contributed by atoms with van der Waals surface area (Å²) in [5.74, 6) is 0.664. The van der Waals surface area contributed by atoms with Crippen LogP contribution in [0.2, 0.25) is 0 Å². The van der Waals surface area contributed by atoms with Gasteiger partial charge in [-0.3, -0.25) is 0 Å². The summed E-state index contributed by atoms with van der Waals surface area (Å²) in [5, 5.41) is 0. The Bertz CT molecular complexity index is 3240. The van der Waals surface area contributed by atoms with Crippen molar-refractivity contribution in [1.82, 2.24) is 15.0 Å². The summed E-state index contributed by atoms with van der Waals surface area (Å²) in [7, 11) is 0. The van der Waals surface area contributed by atoms with Gasteiger partial charge in [-0.25, -0.2) is 15.0 Å². The molecule has 0 saturated carbocycles. The molecule has 0 N–H and O–H groups in total. The van der Waals surface area contributed by atoms with E-state index < -0.39 is 0 Å². The minimum Gasteiger partial charge on any atom is -0.246 e. The van der Waals surface area contributed by atoms with Gasteiger partial charge in [-0.1, -0.05) is 237 Å². The second kappa shape index (κ2) is 18.1. The minimum atomic E-state index is 0.664. The summed E-state index contributed by atoms with van der Waals surface area (Å²) < 4.78 is 0. The molecule has 0 fully saturated rings. The highest BCUT2D eigenvalue weighted by atomic mass is 14.9. The standard InChI is InChI=1S/C63H43N3/c1-8-22-44(23-9-1)53-40-54(45-24-10-2-11-25-45)42-55(41-53)63-64-56(46-26-12-3-13-27-46)43-57(65-63)47-36-38-50(39-37-47)58-59(48-28-14-4-15-29-48)61(51-32-18-6-19-33-51)66-62(52-34-20-7-21-35-52)60(58)49-30-16-5-17-31-49/h1-43H. The number of aromatic nitrogens is 3. The van der Waals surface area contributed by atoms with Crippen LogP contribution in [0.3, 0.4) is 0 Å². The summed E-state index contributed by atoms with van der Waals surface area (Å²) in [5.41, 5.74) is 19.7. The summed E-state index contributed by atoms with van der Waals surface area (Å²) in [4.78, 5) is 16.3. The van der Waals surface area contributed by atoms with Crippen molar-refractivity contribution in [2.45, 2.75) is 0 Å². The first-order valence-electron chi connectivity index (χ1n) is 22.3. The SMILES string of the molecule is c1ccc(-c2cc(-c3ccccc3)cc(-c3nc(-c4ccccc4)cc(-c4ccc(-c5c(-c6ccccc6)c(-c6ccccc6)nc(-c6ccccc6)c5-c5ccccc5)cc4)n3)c2)cc1. The largest absolute Gasteiger partial charge is 0.246 e. The van der Waals surface area contributed by atoms with Crippen LogP contribution in [0, 0.1) is 0 Å². The first-order chi connectivity index (χ1) is 32.7. The lowest BCUT2D eigenvalue weighted by molar-refractivity contribution is 1.18. The minimum absolute atomic E-state index is 0.664. The molecule has 11 rings (SSSR count). The highest BCUT2D eigenvalue weighted by Gasteiger charge is 2.25. The maximum Gasteiger partial charge on any atom is 0.160 e. The van der Waals surface area contributed by atoms with E-state index in [1.807, 2.05) is 6.07 Å². The molecule has 2 heterocycles. The average molecular weight is 842 g/mol. The zero-order valence-corrected chi connectivity index (χ0v) is 36.2. The molecule has 3 heteroatoms. The lowest BCUT2D eigenvalue weighted by atomic mass is 9.83. The molecule has 0 bridgehead atoms. The molecule has 0 amide bonds. The zero-order valence-electron chi connectivity index (χ0n) is 36.2. The van der Waals surface area contributed by atoms with Gasteiger partial charge in [-0.15, -0.1) is 0 Å². The number of hydrogen-bond acceptors (Lipinski definition) is 3. The molecule has 0 unspecified atom stereocenters. The molecule has 0 radical (unpaired) electrons. The van der Waals surface area contributed by atoms with Crippen molar-refractivity contribution in [3.63, 3.8) is 0 Å². The summed E-state index contributed by atoms with van der Waals surface area (Å²) in [6.45, 7) is 0. The summed E-state index contributed by atoms with van der Waals surface area (Å²) in [6.07, 6.45) is 0. The predicted molar refractivity (Wildman–Crippen MR) is 274 cm³/mol. The van der Waals surface area contributed by atoms with Crippen LogP contribution in [0.25, 0.3) is 112 Å². The molecule has 0 spiro atoms. The zero-order chi connectivity index (χ0) is 44.1. The predicted octanol–water partition coefficient (Wildman–Crippen LogP) is 16.5. The molecule has 66 heavy (non-hydrogen) atoms. The van der Waals surface area contributed by atoms with Crippen molar-refractivity contribution < 1.29 is 0 Å². The molecule has 3 nitrogen and oxygen atoms in total. The Kier molecular flexibility index (Phi) is 11.0. The first-order valence-corrected chi connectivity index (χ1v) is 22.3. The van der Waals surface area contributed by atoms with Gasteiger partial charge in [0.15, 0.2) is 5.82 Å². The van der Waals surface area contributed by atoms with Crippen LogP contribution in [0.15, 0.2) is 261 Å². The van der Waals surface area contributed by atoms with Crippen molar-refractivity contribution in [2.24, 2.45) is 0 Å². The Labute approximate surface area is 386 Å². The van der Waals surface area contributed by atoms with Gasteiger partial charge in [0.1, 0.15) is 0 Å². The molecular formula is C63H43N3. The number of benzene rings is 9. The van der Waals surface area contributed by atoms with Crippen LogP contribution < -0.4 is 0 Å². The van der Waals surface area contributed by atoms with E-state index in [1.165, 1.54) is 0 Å². The number of nitrogens with zero attached hydrogens (tertiary/aromatic N) is 3. The average Bonchev–Trinajstić information content (AvgIpc) is 3.42. The van der Waals surface area contributed by atoms with Gasteiger partial charge in [-0.2, -0.15) is 0 Å². The second-order valence-electron chi connectivity index (χ2n) is 16.3. The smallest absolute Gasteiger partial charge is 0.160 e. The van der Waals surface area contributed by atoms with Crippen LogP contribution in [-0.4, -0.2) is 15.0 Å². The fourth-order valence-electron chi connectivity index (χ4n) is 8.90.